The second-order valence-corrected chi connectivity index (χ2v) is 8.04. The molecule has 0 aliphatic carbocycles. The molecule has 2 N–H and O–H groups in total. The molecule has 4 aliphatic rings. The van der Waals surface area contributed by atoms with Gasteiger partial charge in [0.1, 0.15) is 37.0 Å². The van der Waals surface area contributed by atoms with Crippen LogP contribution in [-0.2, 0) is 4.79 Å². The Hall–Kier alpha value is -0.900. The van der Waals surface area contributed by atoms with Gasteiger partial charge in [-0.1, -0.05) is 25.4 Å². The molecule has 0 atom stereocenters. The van der Waals surface area contributed by atoms with Crippen molar-refractivity contribution in [1.82, 2.24) is 0 Å². The van der Waals surface area contributed by atoms with Crippen LogP contribution in [0, 0.1) is 10.8 Å². The van der Waals surface area contributed by atoms with Crippen LogP contribution in [-0.4, -0.2) is 32.0 Å². The number of halogens is 1. The van der Waals surface area contributed by atoms with Crippen LogP contribution in [0.5, 0.6) is 0 Å². The molecule has 4 aliphatic heterocycles. The van der Waals surface area contributed by atoms with Gasteiger partial charge in [-0.25, -0.2) is 0 Å². The molecule has 0 aromatic heterocycles. The molecule has 118 valence electrons. The molecule has 4 heteroatoms. The van der Waals surface area contributed by atoms with E-state index in [1.807, 2.05) is 12.1 Å². The third-order valence-corrected chi connectivity index (χ3v) is 6.85. The van der Waals surface area contributed by atoms with Crippen molar-refractivity contribution in [3.63, 3.8) is 0 Å². The minimum Gasteiger partial charge on any atom is -0.297 e. The Kier molecular flexibility index (Phi) is 3.20. The van der Waals surface area contributed by atoms with Gasteiger partial charge in [0, 0.05) is 5.02 Å². The van der Waals surface area contributed by atoms with Gasteiger partial charge in [-0.3, -0.25) is 14.6 Å². The van der Waals surface area contributed by atoms with E-state index in [2.05, 4.69) is 26.0 Å². The number of carbonyl (C=O) groups is 1. The van der Waals surface area contributed by atoms with E-state index in [1.54, 1.807) is 9.80 Å². The number of rotatable bonds is 3. The van der Waals surface area contributed by atoms with Gasteiger partial charge in [0.25, 0.3) is 0 Å². The quantitative estimate of drug-likeness (QED) is 0.834. The highest BCUT2D eigenvalue weighted by Gasteiger charge is 2.70. The van der Waals surface area contributed by atoms with E-state index in [4.69, 9.17) is 11.6 Å². The summed E-state index contributed by atoms with van der Waals surface area (Å²) in [5.41, 5.74) is 1.23. The lowest BCUT2D eigenvalue weighted by atomic mass is 9.58. The fourth-order valence-electron chi connectivity index (χ4n) is 5.52. The lowest BCUT2D eigenvalue weighted by Crippen LogP contribution is -3.41. The topological polar surface area (TPSA) is 26.0 Å². The van der Waals surface area contributed by atoms with Gasteiger partial charge in [-0.05, 0) is 37.1 Å². The van der Waals surface area contributed by atoms with Crippen molar-refractivity contribution in [2.45, 2.75) is 32.9 Å². The van der Waals surface area contributed by atoms with Crippen molar-refractivity contribution in [3.05, 3.63) is 34.9 Å². The molecule has 4 fully saturated rings. The first kappa shape index (κ1) is 14.7. The third-order valence-electron chi connectivity index (χ3n) is 6.60. The number of hydrogen-bond donors (Lipinski definition) is 2. The number of hydrogen-bond acceptors (Lipinski definition) is 1. The summed E-state index contributed by atoms with van der Waals surface area (Å²) in [5, 5.41) is 0.799. The summed E-state index contributed by atoms with van der Waals surface area (Å²) in [6.07, 6.45) is 2.46. The highest BCUT2D eigenvalue weighted by Crippen LogP contribution is 2.40. The van der Waals surface area contributed by atoms with Crippen LogP contribution in [0.15, 0.2) is 24.3 Å². The van der Waals surface area contributed by atoms with Crippen molar-refractivity contribution in [3.8, 4) is 0 Å². The van der Waals surface area contributed by atoms with Gasteiger partial charge in [-0.2, -0.15) is 0 Å². The van der Waals surface area contributed by atoms with Crippen LogP contribution in [0.2, 0.25) is 5.02 Å². The molecular formula is C18H25ClN2O+2. The molecule has 0 saturated carbocycles. The first-order chi connectivity index (χ1) is 10.5. The first-order valence-electron chi connectivity index (χ1n) is 8.53. The predicted octanol–water partition coefficient (Wildman–Crippen LogP) is 0.511. The Morgan fingerprint density at radius 1 is 1.00 bits per heavy atom. The molecule has 0 unspecified atom stereocenters. The second-order valence-electron chi connectivity index (χ2n) is 7.61. The molecule has 0 amide bonds. The number of piperidine rings is 2. The molecule has 4 bridgehead atoms. The lowest BCUT2D eigenvalue weighted by Gasteiger charge is -2.60. The molecular weight excluding hydrogens is 296 g/mol. The van der Waals surface area contributed by atoms with Gasteiger partial charge in [0.05, 0.1) is 5.56 Å². The molecule has 5 rings (SSSR count). The van der Waals surface area contributed by atoms with E-state index in [-0.39, 0.29) is 10.8 Å². The Balaban J connectivity index is 1.74. The van der Waals surface area contributed by atoms with Gasteiger partial charge < -0.3 is 0 Å². The highest BCUT2D eigenvalue weighted by atomic mass is 35.5. The zero-order chi connectivity index (χ0) is 15.5. The van der Waals surface area contributed by atoms with Crippen LogP contribution in [0.1, 0.15) is 38.4 Å². The lowest BCUT2D eigenvalue weighted by molar-refractivity contribution is -1.18. The second kappa shape index (κ2) is 4.80. The normalized spacial score (nSPS) is 42.9. The van der Waals surface area contributed by atoms with E-state index < -0.39 is 0 Å². The fraction of sp³-hybridized carbons (Fsp3) is 0.611. The van der Waals surface area contributed by atoms with Gasteiger partial charge in [0.2, 0.25) is 6.17 Å². The molecule has 0 radical (unpaired) electrons. The fourth-order valence-corrected chi connectivity index (χ4v) is 5.64. The number of quaternary nitrogens is 2. The zero-order valence-electron chi connectivity index (χ0n) is 13.4. The first-order valence-corrected chi connectivity index (χ1v) is 8.91. The summed E-state index contributed by atoms with van der Waals surface area (Å²) in [6, 6.07) is 8.35. The Labute approximate surface area is 137 Å². The molecule has 1 aromatic rings. The van der Waals surface area contributed by atoms with Gasteiger partial charge >= 0.3 is 0 Å². The monoisotopic (exact) mass is 320 g/mol. The maximum absolute atomic E-state index is 13.1. The zero-order valence-corrected chi connectivity index (χ0v) is 14.2. The minimum absolute atomic E-state index is 0.0693. The number of benzene rings is 1. The third kappa shape index (κ3) is 1.79. The van der Waals surface area contributed by atoms with Gasteiger partial charge in [-0.15, -0.1) is 0 Å². The maximum Gasteiger partial charge on any atom is 0.240 e. The summed E-state index contributed by atoms with van der Waals surface area (Å²) in [4.78, 5) is 16.3. The summed E-state index contributed by atoms with van der Waals surface area (Å²) < 4.78 is 0. The number of nitrogens with one attached hydrogen (secondary N) is 2. The van der Waals surface area contributed by atoms with Crippen molar-refractivity contribution >= 4 is 17.4 Å². The Morgan fingerprint density at radius 2 is 1.45 bits per heavy atom. The number of Topliss-reactive ketones (excluding diaryl/α,β-unsaturated/α-hetero) is 1. The van der Waals surface area contributed by atoms with Crippen LogP contribution in [0.4, 0.5) is 0 Å². The van der Waals surface area contributed by atoms with Crippen LogP contribution in [0.3, 0.4) is 0 Å². The minimum atomic E-state index is -0.0693. The average Bonchev–Trinajstić information content (AvgIpc) is 2.52. The number of ketones is 1. The standard InChI is InChI=1S/C18H23ClN2O/c1-3-17-9-20-11-18(4-2,16(17)22)12-21(10-17)15(20)13-5-7-14(19)8-6-13/h5-8,15H,3-4,9-12H2,1-2H3/p+2. The molecule has 0 spiro atoms. The summed E-state index contributed by atoms with van der Waals surface area (Å²) >= 11 is 6.05. The Bertz CT molecular complexity index is 570. The van der Waals surface area contributed by atoms with Crippen molar-refractivity contribution in [2.24, 2.45) is 10.8 Å². The summed E-state index contributed by atoms with van der Waals surface area (Å²) in [5.74, 6) is 0.576. The Morgan fingerprint density at radius 3 is 1.86 bits per heavy atom. The molecule has 3 nitrogen and oxygen atoms in total. The van der Waals surface area contributed by atoms with E-state index in [1.165, 1.54) is 5.56 Å². The van der Waals surface area contributed by atoms with Crippen LogP contribution in [0.25, 0.3) is 0 Å². The number of carbonyl (C=O) groups excluding carboxylic acids is 1. The highest BCUT2D eigenvalue weighted by molar-refractivity contribution is 6.30. The molecule has 4 saturated heterocycles. The molecule has 22 heavy (non-hydrogen) atoms. The molecule has 4 heterocycles. The van der Waals surface area contributed by atoms with Gasteiger partial charge in [0.15, 0.2) is 5.78 Å². The SMILES string of the molecule is CCC12C[NH+]3CC(CC)(C[NH+](C1)C3c1ccc(Cl)cc1)C2=O. The maximum atomic E-state index is 13.1. The summed E-state index contributed by atoms with van der Waals surface area (Å²) in [7, 11) is 0. The predicted molar refractivity (Wildman–Crippen MR) is 86.0 cm³/mol. The average molecular weight is 321 g/mol. The van der Waals surface area contributed by atoms with Crippen molar-refractivity contribution in [1.29, 1.82) is 0 Å². The van der Waals surface area contributed by atoms with Crippen LogP contribution >= 0.6 is 11.6 Å². The van der Waals surface area contributed by atoms with E-state index in [9.17, 15) is 4.79 Å². The van der Waals surface area contributed by atoms with E-state index >= 15 is 0 Å². The largest absolute Gasteiger partial charge is 0.297 e. The molecule has 1 aromatic carbocycles. The summed E-state index contributed by atoms with van der Waals surface area (Å²) in [6.45, 7) is 8.46. The van der Waals surface area contributed by atoms with Crippen molar-refractivity contribution < 1.29 is 14.6 Å². The van der Waals surface area contributed by atoms with Crippen LogP contribution < -0.4 is 9.80 Å². The van der Waals surface area contributed by atoms with Crippen molar-refractivity contribution in [2.75, 3.05) is 26.2 Å². The smallest absolute Gasteiger partial charge is 0.240 e. The van der Waals surface area contributed by atoms with E-state index in [0.29, 0.717) is 11.9 Å². The van der Waals surface area contributed by atoms with E-state index in [0.717, 1.165) is 44.0 Å².